The number of hydrogen-bond acceptors (Lipinski definition) is 5. The van der Waals surface area contributed by atoms with Crippen LogP contribution in [0.5, 0.6) is 0 Å². The molecule has 5 nitrogen and oxygen atoms in total. The summed E-state index contributed by atoms with van der Waals surface area (Å²) in [6, 6.07) is 0. The standard InChI is InChI=1S/C20H30O5.C2H6/c1-10-5-6-20(24)8-12-11-9-25-13(11)7-14(21)19(12,4)17(23)16(22)15(10)18(20,2)3;1-2/h11-14,16,21-22,24H,5-9H2,1-4H3;1-2H3/t11?,12?,13-,14+,16-,19?,20-;/m1./s1. The Morgan fingerprint density at radius 3 is 2.33 bits per heavy atom. The highest BCUT2D eigenvalue weighted by Crippen LogP contribution is 2.60. The summed E-state index contributed by atoms with van der Waals surface area (Å²) in [4.78, 5) is 13.4. The van der Waals surface area contributed by atoms with Crippen molar-refractivity contribution in [1.29, 1.82) is 0 Å². The number of ketones is 1. The van der Waals surface area contributed by atoms with Gasteiger partial charge in [0.2, 0.25) is 0 Å². The van der Waals surface area contributed by atoms with Gasteiger partial charge in [0.1, 0.15) is 6.10 Å². The van der Waals surface area contributed by atoms with Crippen LogP contribution in [-0.2, 0) is 9.53 Å². The minimum atomic E-state index is -1.26. The van der Waals surface area contributed by atoms with Crippen molar-refractivity contribution >= 4 is 5.78 Å². The summed E-state index contributed by atoms with van der Waals surface area (Å²) in [5.74, 6) is -0.305. The van der Waals surface area contributed by atoms with Crippen LogP contribution in [0.4, 0.5) is 0 Å². The second kappa shape index (κ2) is 6.65. The van der Waals surface area contributed by atoms with Crippen LogP contribution in [0.15, 0.2) is 11.1 Å². The molecule has 1 heterocycles. The van der Waals surface area contributed by atoms with Gasteiger partial charge >= 0.3 is 0 Å². The minimum absolute atomic E-state index is 0.0375. The quantitative estimate of drug-likeness (QED) is 0.563. The summed E-state index contributed by atoms with van der Waals surface area (Å²) in [6.07, 6.45) is 0.0513. The molecule has 4 aliphatic rings. The van der Waals surface area contributed by atoms with E-state index in [0.717, 1.165) is 5.57 Å². The minimum Gasteiger partial charge on any atom is -0.392 e. The molecule has 154 valence electrons. The third-order valence-electron chi connectivity index (χ3n) is 8.24. The summed E-state index contributed by atoms with van der Waals surface area (Å²) < 4.78 is 5.61. The lowest BCUT2D eigenvalue weighted by molar-refractivity contribution is -0.241. The van der Waals surface area contributed by atoms with Gasteiger partial charge in [0.15, 0.2) is 5.78 Å². The molecular formula is C22H36O5. The van der Waals surface area contributed by atoms with Gasteiger partial charge in [-0.25, -0.2) is 0 Å². The van der Waals surface area contributed by atoms with Gasteiger partial charge in [0.25, 0.3) is 0 Å². The summed E-state index contributed by atoms with van der Waals surface area (Å²) in [5, 5.41) is 33.5. The van der Waals surface area contributed by atoms with E-state index in [1.54, 1.807) is 6.92 Å². The van der Waals surface area contributed by atoms with E-state index < -0.39 is 28.6 Å². The first-order valence-corrected chi connectivity index (χ1v) is 10.5. The zero-order valence-corrected chi connectivity index (χ0v) is 17.6. The zero-order valence-electron chi connectivity index (χ0n) is 17.6. The number of rotatable bonds is 0. The van der Waals surface area contributed by atoms with E-state index >= 15 is 0 Å². The highest BCUT2D eigenvalue weighted by molar-refractivity contribution is 5.92. The van der Waals surface area contributed by atoms with Crippen molar-refractivity contribution in [2.45, 2.75) is 91.1 Å². The molecule has 2 bridgehead atoms. The number of fused-ring (bicyclic) bond motifs is 5. The summed E-state index contributed by atoms with van der Waals surface area (Å²) in [7, 11) is 0. The molecule has 3 fully saturated rings. The molecule has 7 atom stereocenters. The predicted octanol–water partition coefficient (Wildman–Crippen LogP) is 2.62. The topological polar surface area (TPSA) is 87.0 Å². The number of aliphatic hydroxyl groups excluding tert-OH is 2. The van der Waals surface area contributed by atoms with E-state index in [1.807, 2.05) is 34.6 Å². The SMILES string of the molecule is CC.CC1=C2[C@@H](O)C(=O)C3(C)C(C[C@](O)(CC1)C2(C)C)C1CO[C@@H]1C[C@@H]3O. The molecule has 4 rings (SSSR count). The summed E-state index contributed by atoms with van der Waals surface area (Å²) in [6.45, 7) is 12.2. The Balaban J connectivity index is 0.00000102. The van der Waals surface area contributed by atoms with Crippen molar-refractivity contribution in [2.24, 2.45) is 22.7 Å². The molecule has 0 radical (unpaired) electrons. The van der Waals surface area contributed by atoms with Crippen molar-refractivity contribution < 1.29 is 24.9 Å². The second-order valence-electron chi connectivity index (χ2n) is 9.50. The van der Waals surface area contributed by atoms with Crippen LogP contribution in [0, 0.1) is 22.7 Å². The highest BCUT2D eigenvalue weighted by atomic mass is 16.5. The fourth-order valence-corrected chi connectivity index (χ4v) is 6.18. The van der Waals surface area contributed by atoms with Gasteiger partial charge in [-0.05, 0) is 44.6 Å². The molecule has 1 saturated heterocycles. The normalized spacial score (nSPS) is 48.2. The lowest BCUT2D eigenvalue weighted by Gasteiger charge is -2.61. The molecule has 3 N–H and O–H groups in total. The van der Waals surface area contributed by atoms with Crippen molar-refractivity contribution in [3.05, 3.63) is 11.1 Å². The molecule has 5 heteroatoms. The van der Waals surface area contributed by atoms with E-state index in [2.05, 4.69) is 0 Å². The first kappa shape index (κ1) is 21.0. The van der Waals surface area contributed by atoms with Gasteiger partial charge in [-0.1, -0.05) is 33.3 Å². The van der Waals surface area contributed by atoms with Crippen LogP contribution < -0.4 is 0 Å². The Labute approximate surface area is 162 Å². The number of carbonyl (C=O) groups is 1. The fourth-order valence-electron chi connectivity index (χ4n) is 6.18. The zero-order chi connectivity index (χ0) is 20.4. The monoisotopic (exact) mass is 380 g/mol. The molecule has 0 amide bonds. The Morgan fingerprint density at radius 1 is 1.15 bits per heavy atom. The van der Waals surface area contributed by atoms with Crippen molar-refractivity contribution in [3.8, 4) is 0 Å². The van der Waals surface area contributed by atoms with E-state index in [1.165, 1.54) is 0 Å². The van der Waals surface area contributed by atoms with Crippen LogP contribution in [0.1, 0.15) is 67.2 Å². The Morgan fingerprint density at radius 2 is 1.78 bits per heavy atom. The average molecular weight is 381 g/mol. The molecule has 0 aromatic carbocycles. The number of aliphatic hydroxyl groups is 3. The number of Topliss-reactive ketones (excluding diaryl/α,β-unsaturated/α-hetero) is 1. The van der Waals surface area contributed by atoms with Gasteiger partial charge in [0.05, 0.1) is 29.8 Å². The van der Waals surface area contributed by atoms with Crippen LogP contribution in [0.3, 0.4) is 0 Å². The van der Waals surface area contributed by atoms with Crippen LogP contribution in [0.2, 0.25) is 0 Å². The largest absolute Gasteiger partial charge is 0.392 e. The second-order valence-corrected chi connectivity index (χ2v) is 9.50. The Bertz CT molecular complexity index is 653. The van der Waals surface area contributed by atoms with Crippen molar-refractivity contribution in [2.75, 3.05) is 6.61 Å². The maximum Gasteiger partial charge on any atom is 0.174 e. The van der Waals surface area contributed by atoms with Gasteiger partial charge in [-0.3, -0.25) is 4.79 Å². The molecule has 1 aliphatic heterocycles. The fraction of sp³-hybridized carbons (Fsp3) is 0.864. The van der Waals surface area contributed by atoms with Crippen molar-refractivity contribution in [3.63, 3.8) is 0 Å². The summed E-state index contributed by atoms with van der Waals surface area (Å²) >= 11 is 0. The number of hydrogen-bond donors (Lipinski definition) is 3. The maximum absolute atomic E-state index is 13.4. The third-order valence-corrected chi connectivity index (χ3v) is 8.24. The maximum atomic E-state index is 13.4. The van der Waals surface area contributed by atoms with E-state index in [0.29, 0.717) is 37.9 Å². The van der Waals surface area contributed by atoms with E-state index in [9.17, 15) is 20.1 Å². The van der Waals surface area contributed by atoms with E-state index in [-0.39, 0.29) is 23.7 Å². The summed E-state index contributed by atoms with van der Waals surface area (Å²) in [5.41, 5.74) is -1.06. The lowest BCUT2D eigenvalue weighted by atomic mass is 9.47. The Kier molecular flexibility index (Phi) is 5.17. The van der Waals surface area contributed by atoms with Crippen LogP contribution in [0.25, 0.3) is 0 Å². The third kappa shape index (κ3) is 2.61. The molecular weight excluding hydrogens is 344 g/mol. The number of ether oxygens (including phenoxy) is 1. The molecule has 0 aromatic rings. The molecule has 3 unspecified atom stereocenters. The first-order chi connectivity index (χ1) is 12.5. The Hall–Kier alpha value is -0.750. The molecule has 3 aliphatic carbocycles. The first-order valence-electron chi connectivity index (χ1n) is 10.5. The van der Waals surface area contributed by atoms with Gasteiger partial charge in [-0.2, -0.15) is 0 Å². The van der Waals surface area contributed by atoms with E-state index in [4.69, 9.17) is 4.74 Å². The lowest BCUT2D eigenvalue weighted by Crippen LogP contribution is -2.68. The van der Waals surface area contributed by atoms with Crippen molar-refractivity contribution in [1.82, 2.24) is 0 Å². The molecule has 2 saturated carbocycles. The van der Waals surface area contributed by atoms with Gasteiger partial charge in [0, 0.05) is 17.8 Å². The molecule has 27 heavy (non-hydrogen) atoms. The molecule has 0 aromatic heterocycles. The highest BCUT2D eigenvalue weighted by Gasteiger charge is 2.65. The smallest absolute Gasteiger partial charge is 0.174 e. The number of carbonyl (C=O) groups excluding carboxylic acids is 1. The average Bonchev–Trinajstić information content (AvgIpc) is 2.60. The van der Waals surface area contributed by atoms with Gasteiger partial charge in [-0.15, -0.1) is 0 Å². The van der Waals surface area contributed by atoms with Gasteiger partial charge < -0.3 is 20.1 Å². The predicted molar refractivity (Wildman–Crippen MR) is 103 cm³/mol. The van der Waals surface area contributed by atoms with Crippen LogP contribution >= 0.6 is 0 Å². The number of allylic oxidation sites excluding steroid dienone is 1. The molecule has 0 spiro atoms. The van der Waals surface area contributed by atoms with Crippen LogP contribution in [-0.4, -0.2) is 51.6 Å².